The Labute approximate surface area is 194 Å². The number of esters is 1. The number of rotatable bonds is 7. The van der Waals surface area contributed by atoms with Crippen LogP contribution in [0.15, 0.2) is 42.5 Å². The lowest BCUT2D eigenvalue weighted by Gasteiger charge is -2.32. The van der Waals surface area contributed by atoms with Gasteiger partial charge in [-0.2, -0.15) is 0 Å². The van der Waals surface area contributed by atoms with Crippen molar-refractivity contribution in [3.63, 3.8) is 0 Å². The molecule has 1 aliphatic heterocycles. The van der Waals surface area contributed by atoms with E-state index < -0.39 is 5.97 Å². The van der Waals surface area contributed by atoms with Crippen molar-refractivity contribution in [1.29, 1.82) is 10.8 Å². The summed E-state index contributed by atoms with van der Waals surface area (Å²) in [6.07, 6.45) is 2.13. The van der Waals surface area contributed by atoms with E-state index in [2.05, 4.69) is 5.32 Å². The molecule has 0 aromatic heterocycles. The van der Waals surface area contributed by atoms with Gasteiger partial charge in [-0.1, -0.05) is 18.2 Å². The van der Waals surface area contributed by atoms with Crippen molar-refractivity contribution in [3.05, 3.63) is 53.6 Å². The Morgan fingerprint density at radius 1 is 1.09 bits per heavy atom. The molecule has 2 aromatic rings. The molecule has 8 heteroatoms. The summed E-state index contributed by atoms with van der Waals surface area (Å²) < 4.78 is 5.16. The van der Waals surface area contributed by atoms with Crippen LogP contribution < -0.4 is 11.1 Å². The predicted octanol–water partition coefficient (Wildman–Crippen LogP) is 3.85. The average Bonchev–Trinajstić information content (AvgIpc) is 2.79. The number of nitrogen functional groups attached to an aromatic ring is 1. The molecule has 0 bridgehead atoms. The van der Waals surface area contributed by atoms with Gasteiger partial charge in [0, 0.05) is 30.8 Å². The number of hydrogen-bond donors (Lipinski definition) is 4. The second-order valence-electron chi connectivity index (χ2n) is 8.28. The maximum Gasteiger partial charge on any atom is 0.338 e. The second kappa shape index (κ2) is 10.8. The van der Waals surface area contributed by atoms with Gasteiger partial charge in [0.1, 0.15) is 5.84 Å². The number of piperidine rings is 1. The van der Waals surface area contributed by atoms with Gasteiger partial charge in [-0.15, -0.1) is 0 Å². The Kier molecular flexibility index (Phi) is 7.82. The first-order chi connectivity index (χ1) is 15.8. The van der Waals surface area contributed by atoms with E-state index in [0.29, 0.717) is 34.6 Å². The van der Waals surface area contributed by atoms with Crippen LogP contribution in [0.2, 0.25) is 0 Å². The molecule has 5 N–H and O–H groups in total. The number of nitrogens with one attached hydrogen (secondary N) is 3. The lowest BCUT2D eigenvalue weighted by molar-refractivity contribution is -0.117. The highest BCUT2D eigenvalue weighted by atomic mass is 16.5. The zero-order valence-corrected chi connectivity index (χ0v) is 19.1. The van der Waals surface area contributed by atoms with Crippen LogP contribution in [0.3, 0.4) is 0 Å². The van der Waals surface area contributed by atoms with Crippen molar-refractivity contribution in [3.8, 4) is 11.1 Å². The summed E-state index contributed by atoms with van der Waals surface area (Å²) in [6, 6.07) is 12.3. The Bertz CT molecular complexity index is 1060. The summed E-state index contributed by atoms with van der Waals surface area (Å²) in [5, 5.41) is 18.4. The van der Waals surface area contributed by atoms with Crippen LogP contribution in [0.25, 0.3) is 11.1 Å². The first-order valence-corrected chi connectivity index (χ1v) is 11.1. The number of nitrogens with zero attached hydrogens (tertiary/aromatic N) is 1. The van der Waals surface area contributed by atoms with E-state index in [1.807, 2.05) is 11.0 Å². The number of carbonyl (C=O) groups excluding carboxylic acids is 2. The van der Waals surface area contributed by atoms with E-state index in [9.17, 15) is 9.59 Å². The molecule has 0 atom stereocenters. The van der Waals surface area contributed by atoms with Crippen molar-refractivity contribution < 1.29 is 14.3 Å². The molecule has 0 spiro atoms. The summed E-state index contributed by atoms with van der Waals surface area (Å²) in [4.78, 5) is 27.2. The van der Waals surface area contributed by atoms with Crippen LogP contribution in [0.4, 0.5) is 5.69 Å². The van der Waals surface area contributed by atoms with E-state index in [4.69, 9.17) is 21.3 Å². The molecular formula is C25H31N5O3. The van der Waals surface area contributed by atoms with Gasteiger partial charge in [-0.25, -0.2) is 4.79 Å². The molecule has 33 heavy (non-hydrogen) atoms. The van der Waals surface area contributed by atoms with Gasteiger partial charge in [-0.05, 0) is 68.0 Å². The van der Waals surface area contributed by atoms with Crippen LogP contribution >= 0.6 is 0 Å². The normalized spacial score (nSPS) is 13.9. The van der Waals surface area contributed by atoms with Crippen molar-refractivity contribution in [1.82, 2.24) is 4.90 Å². The Morgan fingerprint density at radius 3 is 2.42 bits per heavy atom. The van der Waals surface area contributed by atoms with Gasteiger partial charge in [0.2, 0.25) is 5.91 Å². The number of hydrogen-bond acceptors (Lipinski definition) is 5. The maximum atomic E-state index is 12.8. The third-order valence-corrected chi connectivity index (χ3v) is 5.80. The van der Waals surface area contributed by atoms with E-state index >= 15 is 0 Å². The van der Waals surface area contributed by atoms with Gasteiger partial charge in [0.15, 0.2) is 0 Å². The minimum Gasteiger partial charge on any atom is -0.462 e. The number of benzene rings is 2. The molecule has 0 unspecified atom stereocenters. The minimum atomic E-state index is -0.466. The number of likely N-dealkylation sites (tertiary alicyclic amines) is 1. The Balaban J connectivity index is 1.80. The predicted molar refractivity (Wildman–Crippen MR) is 130 cm³/mol. The van der Waals surface area contributed by atoms with Crippen molar-refractivity contribution in [2.45, 2.75) is 33.1 Å². The summed E-state index contributed by atoms with van der Waals surface area (Å²) in [7, 11) is 0. The minimum absolute atomic E-state index is 0.0452. The van der Waals surface area contributed by atoms with Gasteiger partial charge >= 0.3 is 5.97 Å². The maximum absolute atomic E-state index is 12.8. The summed E-state index contributed by atoms with van der Waals surface area (Å²) in [5.41, 5.74) is 8.55. The highest BCUT2D eigenvalue weighted by Gasteiger charge is 2.22. The molecule has 3 rings (SSSR count). The smallest absolute Gasteiger partial charge is 0.338 e. The van der Waals surface area contributed by atoms with E-state index in [-0.39, 0.29) is 24.3 Å². The number of ether oxygens (including phenoxy) is 1. The molecule has 174 valence electrons. The highest BCUT2D eigenvalue weighted by molar-refractivity contribution is 5.98. The second-order valence-corrected chi connectivity index (χ2v) is 8.28. The monoisotopic (exact) mass is 449 g/mol. The molecule has 1 heterocycles. The topological polar surface area (TPSA) is 132 Å². The van der Waals surface area contributed by atoms with Crippen molar-refractivity contribution in [2.24, 2.45) is 11.7 Å². The molecule has 0 saturated carbocycles. The third kappa shape index (κ3) is 6.41. The van der Waals surface area contributed by atoms with Crippen LogP contribution in [-0.2, 0) is 9.53 Å². The quantitative estimate of drug-likeness (QED) is 0.289. The zero-order valence-electron chi connectivity index (χ0n) is 19.1. The molecule has 1 amide bonds. The van der Waals surface area contributed by atoms with E-state index in [0.717, 1.165) is 31.5 Å². The number of amidine groups is 2. The lowest BCUT2D eigenvalue weighted by Crippen LogP contribution is -2.37. The fourth-order valence-electron chi connectivity index (χ4n) is 4.01. The fraction of sp³-hybridized carbons (Fsp3) is 0.360. The van der Waals surface area contributed by atoms with Crippen molar-refractivity contribution in [2.75, 3.05) is 25.0 Å². The van der Waals surface area contributed by atoms with Gasteiger partial charge in [-0.3, -0.25) is 15.6 Å². The van der Waals surface area contributed by atoms with Gasteiger partial charge < -0.3 is 20.7 Å². The number of amides is 1. The standard InChI is InChI=1S/C25H31N5O3/c1-3-33-25(32)21-13-20(18-5-4-6-19(12-18)24(27)28)14-22(15-21)29-23(31)11-17-7-9-30(10-8-17)16(2)26/h4-6,12-15,17,26H,3,7-11H2,1-2H3,(H3,27,28)(H,29,31). The molecular weight excluding hydrogens is 418 g/mol. The first kappa shape index (κ1) is 24.0. The fourth-order valence-corrected chi connectivity index (χ4v) is 4.01. The zero-order chi connectivity index (χ0) is 24.0. The SMILES string of the molecule is CCOC(=O)c1cc(NC(=O)CC2CCN(C(C)=N)CC2)cc(-c2cccc(C(=N)N)c2)c1. The molecule has 0 aliphatic carbocycles. The van der Waals surface area contributed by atoms with Crippen LogP contribution in [0.1, 0.15) is 49.0 Å². The molecule has 2 aromatic carbocycles. The molecule has 1 fully saturated rings. The van der Waals surface area contributed by atoms with Gasteiger partial charge in [0.25, 0.3) is 0 Å². The van der Waals surface area contributed by atoms with Crippen LogP contribution in [0.5, 0.6) is 0 Å². The number of nitrogens with two attached hydrogens (primary N) is 1. The van der Waals surface area contributed by atoms with E-state index in [1.165, 1.54) is 0 Å². The summed E-state index contributed by atoms with van der Waals surface area (Å²) in [6.45, 7) is 5.36. The van der Waals surface area contributed by atoms with Crippen LogP contribution in [0, 0.1) is 16.7 Å². The van der Waals surface area contributed by atoms with Crippen LogP contribution in [-0.4, -0.2) is 48.1 Å². The lowest BCUT2D eigenvalue weighted by atomic mass is 9.93. The summed E-state index contributed by atoms with van der Waals surface area (Å²) >= 11 is 0. The first-order valence-electron chi connectivity index (χ1n) is 11.1. The van der Waals surface area contributed by atoms with Gasteiger partial charge in [0.05, 0.1) is 18.0 Å². The summed E-state index contributed by atoms with van der Waals surface area (Å²) in [5.74, 6) is 0.211. The Hall–Kier alpha value is -3.68. The Morgan fingerprint density at radius 2 is 1.79 bits per heavy atom. The molecule has 0 radical (unpaired) electrons. The molecule has 8 nitrogen and oxygen atoms in total. The van der Waals surface area contributed by atoms with E-state index in [1.54, 1.807) is 50.2 Å². The molecule has 1 saturated heterocycles. The third-order valence-electron chi connectivity index (χ3n) is 5.80. The number of anilines is 1. The molecule has 1 aliphatic rings. The average molecular weight is 450 g/mol. The largest absolute Gasteiger partial charge is 0.462 e. The van der Waals surface area contributed by atoms with Crippen molar-refractivity contribution >= 4 is 29.2 Å². The highest BCUT2D eigenvalue weighted by Crippen LogP contribution is 2.27. The number of carbonyl (C=O) groups is 2.